The molecule has 2 aliphatic heterocycles. The number of alkyl halides is 3. The Bertz CT molecular complexity index is 1290. The summed E-state index contributed by atoms with van der Waals surface area (Å²) in [6.07, 6.45) is -3.66. The molecule has 0 aliphatic carbocycles. The van der Waals surface area contributed by atoms with Gasteiger partial charge in [-0.1, -0.05) is 18.2 Å². The minimum Gasteiger partial charge on any atom is -0.381 e. The smallest absolute Gasteiger partial charge is 0.381 e. The molecule has 1 fully saturated rings. The van der Waals surface area contributed by atoms with E-state index in [1.54, 1.807) is 0 Å². The predicted molar refractivity (Wildman–Crippen MR) is 122 cm³/mol. The van der Waals surface area contributed by atoms with Crippen molar-refractivity contribution in [3.63, 3.8) is 0 Å². The molecule has 2 aromatic carbocycles. The summed E-state index contributed by atoms with van der Waals surface area (Å²) in [6.45, 7) is 1.55. The van der Waals surface area contributed by atoms with Crippen molar-refractivity contribution in [2.24, 2.45) is 5.92 Å². The number of benzene rings is 2. The molecule has 2 heterocycles. The lowest BCUT2D eigenvalue weighted by atomic mass is 9.95. The third kappa shape index (κ3) is 4.97. The molecule has 0 radical (unpaired) electrons. The number of sulfone groups is 1. The van der Waals surface area contributed by atoms with Crippen molar-refractivity contribution >= 4 is 27.3 Å². The summed E-state index contributed by atoms with van der Waals surface area (Å²) in [4.78, 5) is 27.8. The van der Waals surface area contributed by atoms with Crippen molar-refractivity contribution in [2.75, 3.05) is 24.8 Å². The number of rotatable bonds is 6. The molecule has 2 aliphatic rings. The molecule has 2 amide bonds. The molecule has 1 saturated heterocycles. The topological polar surface area (TPSA) is 113 Å². The lowest BCUT2D eigenvalue weighted by molar-refractivity contribution is -0.258. The fourth-order valence-corrected chi connectivity index (χ4v) is 4.86. The first-order valence-electron chi connectivity index (χ1n) is 11.1. The molecule has 2 N–H and O–H groups in total. The molecule has 2 atom stereocenters. The number of halogens is 3. The van der Waals surface area contributed by atoms with Crippen LogP contribution in [0.5, 0.6) is 0 Å². The van der Waals surface area contributed by atoms with Crippen LogP contribution in [0.15, 0.2) is 47.4 Å². The summed E-state index contributed by atoms with van der Waals surface area (Å²) in [5.41, 5.74) is -2.30. The molecule has 12 heteroatoms. The maximum Gasteiger partial charge on any atom is 0.421 e. The number of nitrogens with zero attached hydrogens (tertiary/aromatic N) is 1. The van der Waals surface area contributed by atoms with Gasteiger partial charge in [0.25, 0.3) is 5.91 Å². The second-order valence-corrected chi connectivity index (χ2v) is 11.3. The Morgan fingerprint density at radius 1 is 1.14 bits per heavy atom. The minimum atomic E-state index is -4.89. The maximum atomic E-state index is 13.3. The van der Waals surface area contributed by atoms with Crippen LogP contribution in [0.2, 0.25) is 0 Å². The molecule has 8 nitrogen and oxygen atoms in total. The summed E-state index contributed by atoms with van der Waals surface area (Å²) in [5.74, 6) is -0.864. The lowest BCUT2D eigenvalue weighted by Gasteiger charge is -2.30. The SMILES string of the molecule is CC(O)(c1ccc(NC(=O)C2c3ccc(S(C)(=O)=O)cc3CN2C(=O)CC2COC2)cc1)C(F)(F)F. The molecule has 2 unspecified atom stereocenters. The number of anilines is 1. The average Bonchev–Trinajstić information content (AvgIpc) is 3.14. The summed E-state index contributed by atoms with van der Waals surface area (Å²) < 4.78 is 68.4. The van der Waals surface area contributed by atoms with Crippen molar-refractivity contribution < 1.29 is 41.0 Å². The normalized spacial score (nSPS) is 19.8. The van der Waals surface area contributed by atoms with Crippen LogP contribution < -0.4 is 5.32 Å². The van der Waals surface area contributed by atoms with Crippen LogP contribution in [0, 0.1) is 5.92 Å². The van der Waals surface area contributed by atoms with Gasteiger partial charge in [-0.25, -0.2) is 8.42 Å². The van der Waals surface area contributed by atoms with Gasteiger partial charge in [0.05, 0.1) is 18.1 Å². The fraction of sp³-hybridized carbons (Fsp3) is 0.417. The summed E-state index contributed by atoms with van der Waals surface area (Å²) in [6, 6.07) is 7.84. The van der Waals surface area contributed by atoms with Gasteiger partial charge in [-0.05, 0) is 47.9 Å². The minimum absolute atomic E-state index is 0.0328. The molecule has 36 heavy (non-hydrogen) atoms. The van der Waals surface area contributed by atoms with E-state index in [1.807, 2.05) is 0 Å². The molecule has 0 spiro atoms. The summed E-state index contributed by atoms with van der Waals surface area (Å²) in [5, 5.41) is 12.5. The highest BCUT2D eigenvalue weighted by Gasteiger charge is 2.51. The number of ether oxygens (including phenoxy) is 1. The van der Waals surface area contributed by atoms with E-state index < -0.39 is 39.1 Å². The molecule has 2 aromatic rings. The van der Waals surface area contributed by atoms with Gasteiger partial charge in [-0.2, -0.15) is 13.2 Å². The van der Waals surface area contributed by atoms with Crippen molar-refractivity contribution in [1.82, 2.24) is 4.90 Å². The number of nitrogens with one attached hydrogen (secondary N) is 1. The summed E-state index contributed by atoms with van der Waals surface area (Å²) in [7, 11) is -3.51. The van der Waals surface area contributed by atoms with Gasteiger partial charge < -0.3 is 20.1 Å². The van der Waals surface area contributed by atoms with Crippen molar-refractivity contribution in [3.05, 3.63) is 59.2 Å². The Hall–Kier alpha value is -2.96. The predicted octanol–water partition coefficient (Wildman–Crippen LogP) is 2.92. The van der Waals surface area contributed by atoms with Crippen LogP contribution in [0.4, 0.5) is 18.9 Å². The van der Waals surface area contributed by atoms with Gasteiger partial charge in [-0.15, -0.1) is 0 Å². The molecule has 194 valence electrons. The fourth-order valence-electron chi connectivity index (χ4n) is 4.19. The Labute approximate surface area is 206 Å². The van der Waals surface area contributed by atoms with Crippen LogP contribution in [0.1, 0.15) is 36.1 Å². The lowest BCUT2D eigenvalue weighted by Crippen LogP contribution is -2.40. The van der Waals surface area contributed by atoms with Gasteiger partial charge in [0.1, 0.15) is 6.04 Å². The second kappa shape index (κ2) is 9.16. The number of carbonyl (C=O) groups excluding carboxylic acids is 2. The first-order valence-corrected chi connectivity index (χ1v) is 13.0. The highest BCUT2D eigenvalue weighted by atomic mass is 32.2. The Balaban J connectivity index is 1.60. The van der Waals surface area contributed by atoms with Crippen LogP contribution in [-0.4, -0.2) is 55.9 Å². The van der Waals surface area contributed by atoms with Gasteiger partial charge in [0, 0.05) is 30.8 Å². The van der Waals surface area contributed by atoms with E-state index in [1.165, 1.54) is 35.2 Å². The zero-order valence-electron chi connectivity index (χ0n) is 19.5. The first-order chi connectivity index (χ1) is 16.7. The number of aliphatic hydroxyl groups is 1. The van der Waals surface area contributed by atoms with E-state index in [0.717, 1.165) is 18.4 Å². The Kier molecular flexibility index (Phi) is 6.65. The number of carbonyl (C=O) groups is 2. The Morgan fingerprint density at radius 3 is 2.31 bits per heavy atom. The van der Waals surface area contributed by atoms with Gasteiger partial charge in [0.2, 0.25) is 5.91 Å². The standard InChI is InChI=1S/C24H25F3N2O6S/c1-23(32,24(25,26)27)16-3-5-17(6-4-16)28-22(31)21-19-8-7-18(36(2,33)34)10-15(19)11-29(21)20(30)9-14-12-35-13-14/h3-8,10,14,21,32H,9,11-13H2,1-2H3,(H,28,31). The molecular formula is C24H25F3N2O6S. The molecule has 0 bridgehead atoms. The zero-order chi connectivity index (χ0) is 26.5. The largest absolute Gasteiger partial charge is 0.421 e. The number of hydrogen-bond donors (Lipinski definition) is 2. The first kappa shape index (κ1) is 26.1. The number of hydrogen-bond acceptors (Lipinski definition) is 6. The van der Waals surface area contributed by atoms with Crippen molar-refractivity contribution in [1.29, 1.82) is 0 Å². The van der Waals surface area contributed by atoms with Crippen LogP contribution in [0.25, 0.3) is 0 Å². The highest BCUT2D eigenvalue weighted by Crippen LogP contribution is 2.40. The van der Waals surface area contributed by atoms with Crippen molar-refractivity contribution in [2.45, 2.75) is 42.6 Å². The van der Waals surface area contributed by atoms with E-state index in [2.05, 4.69) is 5.32 Å². The third-order valence-electron chi connectivity index (χ3n) is 6.50. The van der Waals surface area contributed by atoms with Crippen LogP contribution in [0.3, 0.4) is 0 Å². The van der Waals surface area contributed by atoms with Gasteiger partial charge >= 0.3 is 6.18 Å². The zero-order valence-corrected chi connectivity index (χ0v) is 20.3. The highest BCUT2D eigenvalue weighted by molar-refractivity contribution is 7.90. The second-order valence-electron chi connectivity index (χ2n) is 9.30. The summed E-state index contributed by atoms with van der Waals surface area (Å²) >= 11 is 0. The van der Waals surface area contributed by atoms with Crippen LogP contribution in [-0.2, 0) is 36.3 Å². The van der Waals surface area contributed by atoms with E-state index >= 15 is 0 Å². The van der Waals surface area contributed by atoms with Crippen LogP contribution >= 0.6 is 0 Å². The van der Waals surface area contributed by atoms with E-state index in [-0.39, 0.29) is 35.4 Å². The number of fused-ring (bicyclic) bond motifs is 1. The monoisotopic (exact) mass is 526 g/mol. The van der Waals surface area contributed by atoms with Crippen molar-refractivity contribution in [3.8, 4) is 0 Å². The molecule has 0 aromatic heterocycles. The quantitative estimate of drug-likeness (QED) is 0.599. The number of amides is 2. The van der Waals surface area contributed by atoms with E-state index in [4.69, 9.17) is 4.74 Å². The maximum absolute atomic E-state index is 13.3. The average molecular weight is 527 g/mol. The van der Waals surface area contributed by atoms with Gasteiger partial charge in [-0.3, -0.25) is 9.59 Å². The van der Waals surface area contributed by atoms with E-state index in [9.17, 15) is 36.3 Å². The molecule has 0 saturated carbocycles. The third-order valence-corrected chi connectivity index (χ3v) is 7.61. The Morgan fingerprint density at radius 2 is 1.78 bits per heavy atom. The molecule has 4 rings (SSSR count). The molecular weight excluding hydrogens is 501 g/mol. The van der Waals surface area contributed by atoms with Gasteiger partial charge in [0.15, 0.2) is 15.4 Å². The van der Waals surface area contributed by atoms with E-state index in [0.29, 0.717) is 31.3 Å².